The molecule has 0 fully saturated rings. The predicted molar refractivity (Wildman–Crippen MR) is 116 cm³/mol. The number of sulfonamides is 1. The molecule has 3 rings (SSSR count). The first-order valence-electron chi connectivity index (χ1n) is 8.70. The molecule has 2 heterocycles. The lowest BCUT2D eigenvalue weighted by Crippen LogP contribution is -2.37. The third-order valence-electron chi connectivity index (χ3n) is 3.93. The summed E-state index contributed by atoms with van der Waals surface area (Å²) < 4.78 is 96.8. The summed E-state index contributed by atoms with van der Waals surface area (Å²) in [6.07, 6.45) is -4.96. The number of thiazole rings is 1. The quantitative estimate of drug-likeness (QED) is 0.363. The lowest BCUT2D eigenvalue weighted by molar-refractivity contribution is -0.106. The highest BCUT2D eigenvalue weighted by Crippen LogP contribution is 2.31. The Morgan fingerprint density at radius 2 is 1.75 bits per heavy atom. The molecule has 0 saturated carbocycles. The van der Waals surface area contributed by atoms with Gasteiger partial charge in [-0.1, -0.05) is 18.2 Å². The monoisotopic (exact) mass is 527 g/mol. The molecule has 8 nitrogen and oxygen atoms in total. The molecule has 1 aromatic carbocycles. The number of alkyl halides is 3. The summed E-state index contributed by atoms with van der Waals surface area (Å²) in [5, 5.41) is 4.01. The van der Waals surface area contributed by atoms with Crippen LogP contribution in [0.5, 0.6) is 0 Å². The SMILES string of the molecule is O=S(=O)(O)Nc1ccc(CC(NS(=O)(=O)CC(F)(F)F)c2csc(-c3cccs3)n2)cc1. The molecule has 15 heteroatoms. The molecule has 0 amide bonds. The number of hydrogen-bond donors (Lipinski definition) is 3. The second-order valence-corrected chi connectivity index (χ2v) is 11.3. The van der Waals surface area contributed by atoms with Crippen LogP contribution in [-0.2, 0) is 26.7 Å². The van der Waals surface area contributed by atoms with Crippen LogP contribution in [0, 0.1) is 0 Å². The van der Waals surface area contributed by atoms with Crippen LogP contribution in [0.25, 0.3) is 9.88 Å². The van der Waals surface area contributed by atoms with Crippen LogP contribution in [0.1, 0.15) is 17.3 Å². The van der Waals surface area contributed by atoms with Crippen LogP contribution in [0.4, 0.5) is 18.9 Å². The van der Waals surface area contributed by atoms with Gasteiger partial charge in [0.2, 0.25) is 10.0 Å². The van der Waals surface area contributed by atoms with Gasteiger partial charge in [0.15, 0.2) is 5.75 Å². The summed E-state index contributed by atoms with van der Waals surface area (Å²) in [5.74, 6) is -2.03. The fraction of sp³-hybridized carbons (Fsp3) is 0.235. The van der Waals surface area contributed by atoms with Gasteiger partial charge in [0, 0.05) is 5.38 Å². The van der Waals surface area contributed by atoms with Gasteiger partial charge in [0.05, 0.1) is 22.3 Å². The number of hydrogen-bond acceptors (Lipinski definition) is 7. The summed E-state index contributed by atoms with van der Waals surface area (Å²) in [4.78, 5) is 5.22. The van der Waals surface area contributed by atoms with Gasteiger partial charge in [-0.2, -0.15) is 21.6 Å². The second-order valence-electron chi connectivity index (χ2n) is 6.58. The lowest BCUT2D eigenvalue weighted by Gasteiger charge is -2.18. The number of nitrogens with one attached hydrogen (secondary N) is 2. The van der Waals surface area contributed by atoms with Gasteiger partial charge in [0.25, 0.3) is 0 Å². The minimum Gasteiger partial charge on any atom is -0.269 e. The topological polar surface area (TPSA) is 125 Å². The standard InChI is InChI=1S/C17H16F3N3O5S4/c18-17(19,20)10-31(24,25)23-13(14-9-30-16(21-14)15-2-1-7-29-15)8-11-3-5-12(6-4-11)22-32(26,27)28/h1-7,9,13,22-23H,8,10H2,(H,26,27,28). The van der Waals surface area contributed by atoms with Gasteiger partial charge < -0.3 is 0 Å². The van der Waals surface area contributed by atoms with Crippen LogP contribution in [0.3, 0.4) is 0 Å². The molecule has 2 aromatic heterocycles. The number of anilines is 1. The highest BCUT2D eigenvalue weighted by Gasteiger charge is 2.36. The Labute approximate surface area is 190 Å². The molecular weight excluding hydrogens is 511 g/mol. The zero-order valence-corrected chi connectivity index (χ0v) is 19.2. The molecule has 3 aromatic rings. The molecule has 0 aliphatic carbocycles. The third kappa shape index (κ3) is 7.53. The Morgan fingerprint density at radius 3 is 2.31 bits per heavy atom. The van der Waals surface area contributed by atoms with Crippen molar-refractivity contribution >= 4 is 48.7 Å². The lowest BCUT2D eigenvalue weighted by atomic mass is 10.0. The molecule has 0 radical (unpaired) electrons. The molecule has 0 saturated heterocycles. The van der Waals surface area contributed by atoms with Crippen molar-refractivity contribution in [3.8, 4) is 9.88 Å². The van der Waals surface area contributed by atoms with Crippen molar-refractivity contribution in [1.29, 1.82) is 0 Å². The molecule has 0 aliphatic heterocycles. The van der Waals surface area contributed by atoms with E-state index in [4.69, 9.17) is 4.55 Å². The van der Waals surface area contributed by atoms with E-state index in [1.54, 1.807) is 5.38 Å². The van der Waals surface area contributed by atoms with E-state index in [1.807, 2.05) is 22.2 Å². The maximum Gasteiger partial charge on any atom is 0.404 e. The Balaban J connectivity index is 1.87. The van der Waals surface area contributed by atoms with E-state index in [0.29, 0.717) is 10.6 Å². The molecule has 32 heavy (non-hydrogen) atoms. The van der Waals surface area contributed by atoms with Gasteiger partial charge in [-0.3, -0.25) is 9.27 Å². The van der Waals surface area contributed by atoms with E-state index in [1.165, 1.54) is 46.9 Å². The van der Waals surface area contributed by atoms with Gasteiger partial charge in [0.1, 0.15) is 5.01 Å². The molecule has 174 valence electrons. The van der Waals surface area contributed by atoms with E-state index in [9.17, 15) is 30.0 Å². The van der Waals surface area contributed by atoms with Crippen LogP contribution in [-0.4, -0.2) is 38.3 Å². The second kappa shape index (κ2) is 9.44. The summed E-state index contributed by atoms with van der Waals surface area (Å²) in [6, 6.07) is 8.08. The highest BCUT2D eigenvalue weighted by molar-refractivity contribution is 7.89. The van der Waals surface area contributed by atoms with Crippen LogP contribution >= 0.6 is 22.7 Å². The van der Waals surface area contributed by atoms with Gasteiger partial charge >= 0.3 is 16.5 Å². The Morgan fingerprint density at radius 1 is 1.06 bits per heavy atom. The average Bonchev–Trinajstić information content (AvgIpc) is 3.31. The highest BCUT2D eigenvalue weighted by atomic mass is 32.2. The van der Waals surface area contributed by atoms with Crippen molar-refractivity contribution in [3.63, 3.8) is 0 Å². The fourth-order valence-corrected chi connectivity index (χ4v) is 6.01. The number of halogens is 3. The van der Waals surface area contributed by atoms with Crippen molar-refractivity contribution in [3.05, 3.63) is 58.4 Å². The minimum absolute atomic E-state index is 0.0448. The van der Waals surface area contributed by atoms with E-state index >= 15 is 0 Å². The predicted octanol–water partition coefficient (Wildman–Crippen LogP) is 3.85. The smallest absolute Gasteiger partial charge is 0.269 e. The van der Waals surface area contributed by atoms with Crippen molar-refractivity contribution in [2.75, 3.05) is 10.5 Å². The van der Waals surface area contributed by atoms with Crippen LogP contribution in [0.2, 0.25) is 0 Å². The fourth-order valence-electron chi connectivity index (χ4n) is 2.73. The van der Waals surface area contributed by atoms with Crippen molar-refractivity contribution in [1.82, 2.24) is 9.71 Å². The third-order valence-corrected chi connectivity index (χ3v) is 7.67. The number of benzene rings is 1. The van der Waals surface area contributed by atoms with Crippen molar-refractivity contribution in [2.24, 2.45) is 0 Å². The summed E-state index contributed by atoms with van der Waals surface area (Å²) in [5.41, 5.74) is 0.805. The minimum atomic E-state index is -4.91. The van der Waals surface area contributed by atoms with E-state index in [0.717, 1.165) is 4.88 Å². The first kappa shape index (κ1) is 24.6. The molecule has 1 unspecified atom stereocenters. The van der Waals surface area contributed by atoms with E-state index in [2.05, 4.69) is 9.71 Å². The van der Waals surface area contributed by atoms with Crippen LogP contribution in [0.15, 0.2) is 47.2 Å². The first-order chi connectivity index (χ1) is 14.8. The average molecular weight is 528 g/mol. The number of aromatic nitrogens is 1. The van der Waals surface area contributed by atoms with Gasteiger partial charge in [-0.25, -0.2) is 18.1 Å². The maximum absolute atomic E-state index is 12.7. The van der Waals surface area contributed by atoms with Gasteiger partial charge in [-0.15, -0.1) is 22.7 Å². The zero-order chi connectivity index (χ0) is 23.6. The van der Waals surface area contributed by atoms with Crippen molar-refractivity contribution in [2.45, 2.75) is 18.6 Å². The molecule has 1 atom stereocenters. The van der Waals surface area contributed by atoms with Crippen molar-refractivity contribution < 1.29 is 34.6 Å². The largest absolute Gasteiger partial charge is 0.404 e. The zero-order valence-electron chi connectivity index (χ0n) is 15.9. The number of nitrogens with zero attached hydrogens (tertiary/aromatic N) is 1. The first-order valence-corrected chi connectivity index (χ1v) is 13.5. The summed E-state index contributed by atoms with van der Waals surface area (Å²) >= 11 is 2.65. The molecular formula is C17H16F3N3O5S4. The summed E-state index contributed by atoms with van der Waals surface area (Å²) in [7, 11) is -9.19. The number of thiophene rings is 1. The molecule has 0 aliphatic rings. The van der Waals surface area contributed by atoms with Gasteiger partial charge in [-0.05, 0) is 35.6 Å². The van der Waals surface area contributed by atoms with E-state index in [-0.39, 0.29) is 17.8 Å². The number of rotatable bonds is 9. The van der Waals surface area contributed by atoms with Crippen LogP contribution < -0.4 is 9.44 Å². The summed E-state index contributed by atoms with van der Waals surface area (Å²) in [6.45, 7) is 0. The molecule has 0 spiro atoms. The Kier molecular flexibility index (Phi) is 7.26. The maximum atomic E-state index is 12.7. The normalized spacial score (nSPS) is 13.8. The Bertz CT molecular complexity index is 1260. The molecule has 0 bridgehead atoms. The molecule has 3 N–H and O–H groups in total. The van der Waals surface area contributed by atoms with E-state index < -0.39 is 38.3 Å². The Hall–Kier alpha value is -2.04.